The number of benzene rings is 2. The van der Waals surface area contributed by atoms with E-state index in [1.165, 1.54) is 12.1 Å². The Hall–Kier alpha value is -1.09. The van der Waals surface area contributed by atoms with Gasteiger partial charge in [0.05, 0.1) is 0 Å². The molecule has 0 fully saturated rings. The van der Waals surface area contributed by atoms with E-state index in [9.17, 15) is 4.39 Å². The summed E-state index contributed by atoms with van der Waals surface area (Å²) in [6, 6.07) is 9.79. The van der Waals surface area contributed by atoms with Crippen LogP contribution in [0.15, 0.2) is 36.4 Å². The van der Waals surface area contributed by atoms with Crippen LogP contribution in [-0.2, 0) is 6.42 Å². The third kappa shape index (κ3) is 3.69. The fourth-order valence-corrected chi connectivity index (χ4v) is 2.53. The Bertz CT molecular complexity index is 578. The fourth-order valence-electron chi connectivity index (χ4n) is 2.03. The second-order valence-corrected chi connectivity index (χ2v) is 5.48. The summed E-state index contributed by atoms with van der Waals surface area (Å²) in [5.74, 6) is -0.293. The molecule has 0 saturated heterocycles. The molecule has 100 valence electrons. The molecule has 2 N–H and O–H groups in total. The van der Waals surface area contributed by atoms with Crippen LogP contribution in [0.5, 0.6) is 0 Å². The summed E-state index contributed by atoms with van der Waals surface area (Å²) in [4.78, 5) is 0. The molecule has 0 saturated carbocycles. The molecule has 0 heterocycles. The zero-order valence-electron chi connectivity index (χ0n) is 10.5. The van der Waals surface area contributed by atoms with E-state index in [0.29, 0.717) is 22.0 Å². The molecule has 19 heavy (non-hydrogen) atoms. The van der Waals surface area contributed by atoms with E-state index in [2.05, 4.69) is 0 Å². The summed E-state index contributed by atoms with van der Waals surface area (Å²) in [7, 11) is 0. The van der Waals surface area contributed by atoms with Gasteiger partial charge in [-0.25, -0.2) is 4.39 Å². The minimum absolute atomic E-state index is 0.293. The Morgan fingerprint density at radius 3 is 2.53 bits per heavy atom. The second-order valence-electron chi connectivity index (χ2n) is 4.61. The van der Waals surface area contributed by atoms with Crippen LogP contribution in [0, 0.1) is 12.7 Å². The molecule has 0 radical (unpaired) electrons. The maximum Gasteiger partial charge on any atom is 0.126 e. The Labute approximate surface area is 122 Å². The maximum atomic E-state index is 13.7. The van der Waals surface area contributed by atoms with E-state index >= 15 is 0 Å². The zero-order chi connectivity index (χ0) is 14.0. The molecule has 1 nitrogen and oxygen atoms in total. The highest BCUT2D eigenvalue weighted by atomic mass is 35.5. The van der Waals surface area contributed by atoms with Gasteiger partial charge in [-0.3, -0.25) is 0 Å². The quantitative estimate of drug-likeness (QED) is 0.874. The predicted molar refractivity (Wildman–Crippen MR) is 78.2 cm³/mol. The van der Waals surface area contributed by atoms with Gasteiger partial charge in [-0.15, -0.1) is 0 Å². The van der Waals surface area contributed by atoms with Gasteiger partial charge in [-0.1, -0.05) is 29.3 Å². The van der Waals surface area contributed by atoms with Crippen LogP contribution in [0.2, 0.25) is 10.0 Å². The molecule has 0 aromatic heterocycles. The number of aryl methyl sites for hydroxylation is 1. The molecule has 0 amide bonds. The lowest BCUT2D eigenvalue weighted by Crippen LogP contribution is -2.14. The topological polar surface area (TPSA) is 26.0 Å². The van der Waals surface area contributed by atoms with Gasteiger partial charge in [0.25, 0.3) is 0 Å². The highest BCUT2D eigenvalue weighted by molar-refractivity contribution is 6.31. The minimum atomic E-state index is -0.314. The molecule has 1 atom stereocenters. The first kappa shape index (κ1) is 14.3. The van der Waals surface area contributed by atoms with Crippen LogP contribution in [0.3, 0.4) is 0 Å². The van der Waals surface area contributed by atoms with Gasteiger partial charge < -0.3 is 5.73 Å². The summed E-state index contributed by atoms with van der Waals surface area (Å²) in [6.07, 6.45) is 0.381. The van der Waals surface area contributed by atoms with Crippen LogP contribution in [-0.4, -0.2) is 0 Å². The first-order chi connectivity index (χ1) is 8.95. The Balaban J connectivity index is 2.25. The molecular formula is C15H14Cl2FN. The molecule has 0 aliphatic heterocycles. The van der Waals surface area contributed by atoms with Gasteiger partial charge in [0.15, 0.2) is 0 Å². The van der Waals surface area contributed by atoms with Crippen molar-refractivity contribution in [2.24, 2.45) is 5.73 Å². The number of hydrogen-bond acceptors (Lipinski definition) is 1. The Morgan fingerprint density at radius 1 is 1.11 bits per heavy atom. The number of rotatable bonds is 3. The SMILES string of the molecule is Cc1cc(Cl)cc(C(N)Cc2cc(Cl)ccc2F)c1. The lowest BCUT2D eigenvalue weighted by atomic mass is 9.98. The number of halogens is 3. The monoisotopic (exact) mass is 297 g/mol. The average molecular weight is 298 g/mol. The van der Waals surface area contributed by atoms with Gasteiger partial charge in [0, 0.05) is 16.1 Å². The Kier molecular flexibility index (Phi) is 4.46. The molecule has 0 bridgehead atoms. The Morgan fingerprint density at radius 2 is 1.84 bits per heavy atom. The van der Waals surface area contributed by atoms with Crippen molar-refractivity contribution in [3.05, 3.63) is 69.0 Å². The molecule has 2 aromatic rings. The van der Waals surface area contributed by atoms with Crippen molar-refractivity contribution in [2.45, 2.75) is 19.4 Å². The first-order valence-electron chi connectivity index (χ1n) is 5.92. The summed E-state index contributed by atoms with van der Waals surface area (Å²) in [5.41, 5.74) is 8.55. The van der Waals surface area contributed by atoms with Crippen molar-refractivity contribution in [3.8, 4) is 0 Å². The van der Waals surface area contributed by atoms with E-state index in [1.54, 1.807) is 6.07 Å². The van der Waals surface area contributed by atoms with Gasteiger partial charge >= 0.3 is 0 Å². The molecule has 0 aliphatic carbocycles. The normalized spacial score (nSPS) is 12.5. The second kappa shape index (κ2) is 5.91. The third-order valence-corrected chi connectivity index (χ3v) is 3.39. The van der Waals surface area contributed by atoms with E-state index in [-0.39, 0.29) is 11.9 Å². The summed E-state index contributed by atoms with van der Waals surface area (Å²) >= 11 is 11.9. The van der Waals surface area contributed by atoms with Crippen LogP contribution in [0.4, 0.5) is 4.39 Å². The summed E-state index contributed by atoms with van der Waals surface area (Å²) in [6.45, 7) is 1.95. The molecule has 0 spiro atoms. The molecule has 4 heteroatoms. The smallest absolute Gasteiger partial charge is 0.126 e. The number of nitrogens with two attached hydrogens (primary N) is 1. The molecule has 2 aromatic carbocycles. The van der Waals surface area contributed by atoms with E-state index < -0.39 is 0 Å². The standard InChI is InChI=1S/C15H14Cl2FN/c1-9-4-11(7-13(17)5-9)15(19)8-10-6-12(16)2-3-14(10)18/h2-7,15H,8,19H2,1H3. The van der Waals surface area contributed by atoms with Crippen molar-refractivity contribution in [2.75, 3.05) is 0 Å². The molecule has 2 rings (SSSR count). The van der Waals surface area contributed by atoms with Crippen molar-refractivity contribution >= 4 is 23.2 Å². The molecule has 0 aliphatic rings. The van der Waals surface area contributed by atoms with Crippen molar-refractivity contribution in [1.82, 2.24) is 0 Å². The van der Waals surface area contributed by atoms with Crippen LogP contribution < -0.4 is 5.73 Å². The van der Waals surface area contributed by atoms with Crippen LogP contribution in [0.25, 0.3) is 0 Å². The lowest BCUT2D eigenvalue weighted by molar-refractivity contribution is 0.593. The molecule has 1 unspecified atom stereocenters. The lowest BCUT2D eigenvalue weighted by Gasteiger charge is -2.14. The molecular weight excluding hydrogens is 284 g/mol. The van der Waals surface area contributed by atoms with Gasteiger partial charge in [-0.05, 0) is 60.4 Å². The van der Waals surface area contributed by atoms with E-state index in [0.717, 1.165) is 11.1 Å². The van der Waals surface area contributed by atoms with Crippen LogP contribution >= 0.6 is 23.2 Å². The largest absolute Gasteiger partial charge is 0.324 e. The highest BCUT2D eigenvalue weighted by Crippen LogP contribution is 2.24. The third-order valence-electron chi connectivity index (χ3n) is 2.94. The van der Waals surface area contributed by atoms with Gasteiger partial charge in [0.2, 0.25) is 0 Å². The summed E-state index contributed by atoms with van der Waals surface area (Å²) < 4.78 is 13.7. The number of hydrogen-bond donors (Lipinski definition) is 1. The predicted octanol–water partition coefficient (Wildman–Crippen LogP) is 4.68. The van der Waals surface area contributed by atoms with Crippen molar-refractivity contribution in [1.29, 1.82) is 0 Å². The first-order valence-corrected chi connectivity index (χ1v) is 6.68. The highest BCUT2D eigenvalue weighted by Gasteiger charge is 2.12. The maximum absolute atomic E-state index is 13.7. The minimum Gasteiger partial charge on any atom is -0.324 e. The van der Waals surface area contributed by atoms with Gasteiger partial charge in [-0.2, -0.15) is 0 Å². The van der Waals surface area contributed by atoms with E-state index in [4.69, 9.17) is 28.9 Å². The fraction of sp³-hybridized carbons (Fsp3) is 0.200. The van der Waals surface area contributed by atoms with E-state index in [1.807, 2.05) is 25.1 Å². The van der Waals surface area contributed by atoms with Crippen molar-refractivity contribution < 1.29 is 4.39 Å². The average Bonchev–Trinajstić information content (AvgIpc) is 2.32. The summed E-state index contributed by atoms with van der Waals surface area (Å²) in [5, 5.41) is 1.14. The van der Waals surface area contributed by atoms with Gasteiger partial charge in [0.1, 0.15) is 5.82 Å². The van der Waals surface area contributed by atoms with Crippen LogP contribution in [0.1, 0.15) is 22.7 Å². The zero-order valence-corrected chi connectivity index (χ0v) is 12.0. The van der Waals surface area contributed by atoms with Crippen molar-refractivity contribution in [3.63, 3.8) is 0 Å².